The zero-order valence-electron chi connectivity index (χ0n) is 23.1. The Hall–Kier alpha value is -5.30. The minimum atomic E-state index is -0.493. The highest BCUT2D eigenvalue weighted by atomic mass is 32.2. The van der Waals surface area contributed by atoms with E-state index < -0.39 is 10.5 Å². The Morgan fingerprint density at radius 2 is 1.81 bits per heavy atom. The topological polar surface area (TPSA) is 149 Å². The minimum absolute atomic E-state index is 0.0259. The second kappa shape index (κ2) is 11.5. The van der Waals surface area contributed by atoms with E-state index in [1.807, 2.05) is 55.5 Å². The van der Waals surface area contributed by atoms with E-state index >= 15 is 0 Å². The molecule has 3 heterocycles. The predicted molar refractivity (Wildman–Crippen MR) is 162 cm³/mol. The van der Waals surface area contributed by atoms with Crippen molar-refractivity contribution < 1.29 is 14.5 Å². The molecule has 1 atom stereocenters. The number of non-ortho nitro benzene ring substituents is 1. The fraction of sp³-hybridized carbons (Fsp3) is 0.167. The van der Waals surface area contributed by atoms with Crippen molar-refractivity contribution in [2.24, 2.45) is 5.10 Å². The van der Waals surface area contributed by atoms with Crippen molar-refractivity contribution >= 4 is 40.1 Å². The van der Waals surface area contributed by atoms with Gasteiger partial charge < -0.3 is 9.72 Å². The molecule has 0 saturated carbocycles. The summed E-state index contributed by atoms with van der Waals surface area (Å²) >= 11 is 1.09. The number of H-pyrrole nitrogens is 1. The number of hydrogen-bond donors (Lipinski definition) is 1. The summed E-state index contributed by atoms with van der Waals surface area (Å²) in [7, 11) is 1.61. The Labute approximate surface area is 249 Å². The summed E-state index contributed by atoms with van der Waals surface area (Å²) in [5.74, 6) is 0.461. The van der Waals surface area contributed by atoms with Gasteiger partial charge in [-0.2, -0.15) is 10.2 Å². The van der Waals surface area contributed by atoms with Gasteiger partial charge in [-0.1, -0.05) is 41.6 Å². The van der Waals surface area contributed by atoms with Gasteiger partial charge in [0.2, 0.25) is 0 Å². The number of ether oxygens (including phenoxy) is 1. The monoisotopic (exact) mass is 595 g/mol. The number of nitrogens with one attached hydrogen (secondary N) is 1. The second-order valence-corrected chi connectivity index (χ2v) is 10.8. The third-order valence-electron chi connectivity index (χ3n) is 7.11. The zero-order chi connectivity index (χ0) is 30.1. The molecule has 1 unspecified atom stereocenters. The average Bonchev–Trinajstić information content (AvgIpc) is 3.66. The molecule has 1 amide bonds. The van der Waals surface area contributed by atoms with Gasteiger partial charge >= 0.3 is 0 Å². The molecule has 5 aromatic rings. The van der Waals surface area contributed by atoms with Crippen LogP contribution in [0, 0.1) is 17.0 Å². The largest absolute Gasteiger partial charge is 0.497 e. The maximum absolute atomic E-state index is 13.6. The molecule has 1 N–H and O–H groups in total. The summed E-state index contributed by atoms with van der Waals surface area (Å²) in [6.07, 6.45) is 1.93. The highest BCUT2D eigenvalue weighted by Gasteiger charge is 2.33. The number of nitro benzene ring substituents is 1. The number of methoxy groups -OCH3 is 1. The van der Waals surface area contributed by atoms with Crippen molar-refractivity contribution in [2.75, 3.05) is 12.9 Å². The third-order valence-corrected chi connectivity index (χ3v) is 7.96. The Balaban J connectivity index is 1.26. The number of fused-ring (bicyclic) bond motifs is 1. The smallest absolute Gasteiger partial charge is 0.269 e. The van der Waals surface area contributed by atoms with Gasteiger partial charge in [-0.3, -0.25) is 19.7 Å². The minimum Gasteiger partial charge on any atom is -0.497 e. The first-order valence-corrected chi connectivity index (χ1v) is 14.3. The number of amides is 1. The molecule has 0 aliphatic carbocycles. The number of nitro groups is 1. The van der Waals surface area contributed by atoms with Crippen LogP contribution in [0.15, 0.2) is 94.0 Å². The molecule has 3 aromatic carbocycles. The molecule has 2 aromatic heterocycles. The van der Waals surface area contributed by atoms with Crippen LogP contribution in [-0.4, -0.2) is 54.2 Å². The van der Waals surface area contributed by atoms with Gasteiger partial charge in [-0.15, -0.1) is 0 Å². The lowest BCUT2D eigenvalue weighted by atomic mass is 9.97. The number of hydrogen-bond acceptors (Lipinski definition) is 9. The Morgan fingerprint density at radius 3 is 2.49 bits per heavy atom. The second-order valence-electron chi connectivity index (χ2n) is 9.87. The fourth-order valence-electron chi connectivity index (χ4n) is 4.81. The quantitative estimate of drug-likeness (QED) is 0.116. The molecule has 0 saturated heterocycles. The molecule has 6 rings (SSSR count). The van der Waals surface area contributed by atoms with E-state index in [2.05, 4.69) is 15.1 Å². The van der Waals surface area contributed by atoms with Crippen LogP contribution in [0.2, 0.25) is 0 Å². The SMILES string of the molecule is COc1ccc(C2=NN(C(=O)CSc3nc4c(cnn4-c4ccc([N+](=O)[O-])cc4)c(=O)[nH]3)C(c3ccc(C)cc3)C2)cc1. The number of hydrazone groups is 1. The normalized spacial score (nSPS) is 14.6. The number of carbonyl (C=O) groups is 1. The number of thioether (sulfide) groups is 1. The summed E-state index contributed by atoms with van der Waals surface area (Å²) in [6, 6.07) is 21.1. The maximum atomic E-state index is 13.6. The van der Waals surface area contributed by atoms with Gasteiger partial charge in [-0.05, 0) is 54.4 Å². The first-order valence-electron chi connectivity index (χ1n) is 13.3. The van der Waals surface area contributed by atoms with Gasteiger partial charge in [0.05, 0.1) is 41.4 Å². The zero-order valence-corrected chi connectivity index (χ0v) is 23.9. The number of aryl methyl sites for hydroxylation is 1. The van der Waals surface area contributed by atoms with Crippen molar-refractivity contribution in [1.82, 2.24) is 24.8 Å². The van der Waals surface area contributed by atoms with E-state index in [9.17, 15) is 19.7 Å². The van der Waals surface area contributed by atoms with Crippen molar-refractivity contribution in [1.29, 1.82) is 0 Å². The van der Waals surface area contributed by atoms with E-state index in [0.717, 1.165) is 39.9 Å². The standard InChI is InChI=1S/C30H25N7O5S/c1-18-3-5-20(6-4-18)26-15-25(19-7-13-23(42-2)14-8-19)34-36(26)27(38)17-43-30-32-28-24(29(39)33-30)16-31-35(28)21-9-11-22(12-10-21)37(40)41/h3-14,16,26H,15,17H2,1-2H3,(H,32,33,39). The number of aromatic nitrogens is 4. The molecule has 0 spiro atoms. The number of benzene rings is 3. The van der Waals surface area contributed by atoms with Gasteiger partial charge in [0.25, 0.3) is 17.2 Å². The van der Waals surface area contributed by atoms with E-state index in [4.69, 9.17) is 9.84 Å². The Bertz CT molecular complexity index is 1920. The molecular formula is C30H25N7O5S. The first kappa shape index (κ1) is 27.8. The van der Waals surface area contributed by atoms with Gasteiger partial charge in [0.1, 0.15) is 11.1 Å². The van der Waals surface area contributed by atoms with Gasteiger partial charge in [0, 0.05) is 18.6 Å². The molecule has 216 valence electrons. The van der Waals surface area contributed by atoms with Crippen LogP contribution in [0.4, 0.5) is 5.69 Å². The summed E-state index contributed by atoms with van der Waals surface area (Å²) in [4.78, 5) is 44.2. The Kier molecular flexibility index (Phi) is 7.47. The van der Waals surface area contributed by atoms with Gasteiger partial charge in [-0.25, -0.2) is 14.7 Å². The Morgan fingerprint density at radius 1 is 1.09 bits per heavy atom. The van der Waals surface area contributed by atoms with E-state index in [0.29, 0.717) is 12.1 Å². The summed E-state index contributed by atoms with van der Waals surface area (Å²) in [6.45, 7) is 2.01. The van der Waals surface area contributed by atoms with E-state index in [1.165, 1.54) is 40.2 Å². The highest BCUT2D eigenvalue weighted by molar-refractivity contribution is 7.99. The number of carbonyl (C=O) groups excluding carboxylic acids is 1. The number of aromatic amines is 1. The summed E-state index contributed by atoms with van der Waals surface area (Å²) < 4.78 is 6.70. The molecule has 0 fully saturated rings. The molecule has 13 heteroatoms. The van der Waals surface area contributed by atoms with Gasteiger partial charge in [0.15, 0.2) is 10.8 Å². The molecular weight excluding hydrogens is 570 g/mol. The maximum Gasteiger partial charge on any atom is 0.269 e. The molecule has 0 bridgehead atoms. The average molecular weight is 596 g/mol. The lowest BCUT2D eigenvalue weighted by Crippen LogP contribution is -2.28. The van der Waals surface area contributed by atoms with Crippen molar-refractivity contribution in [3.05, 3.63) is 116 Å². The van der Waals surface area contributed by atoms with Crippen LogP contribution in [0.5, 0.6) is 5.75 Å². The van der Waals surface area contributed by atoms with Crippen molar-refractivity contribution in [3.63, 3.8) is 0 Å². The van der Waals surface area contributed by atoms with Crippen LogP contribution in [-0.2, 0) is 4.79 Å². The molecule has 12 nitrogen and oxygen atoms in total. The van der Waals surface area contributed by atoms with E-state index in [1.54, 1.807) is 7.11 Å². The van der Waals surface area contributed by atoms with Crippen LogP contribution in [0.1, 0.15) is 29.2 Å². The summed E-state index contributed by atoms with van der Waals surface area (Å²) in [5.41, 5.74) is 4.07. The number of nitrogens with zero attached hydrogens (tertiary/aromatic N) is 6. The van der Waals surface area contributed by atoms with Crippen molar-refractivity contribution in [2.45, 2.75) is 24.5 Å². The lowest BCUT2D eigenvalue weighted by Gasteiger charge is -2.22. The van der Waals surface area contributed by atoms with Crippen LogP contribution in [0.3, 0.4) is 0 Å². The van der Waals surface area contributed by atoms with Crippen LogP contribution < -0.4 is 10.3 Å². The molecule has 0 radical (unpaired) electrons. The lowest BCUT2D eigenvalue weighted by molar-refractivity contribution is -0.384. The van der Waals surface area contributed by atoms with E-state index in [-0.39, 0.29) is 39.6 Å². The van der Waals surface area contributed by atoms with Crippen LogP contribution >= 0.6 is 11.8 Å². The third kappa shape index (κ3) is 5.62. The highest BCUT2D eigenvalue weighted by Crippen LogP contribution is 2.34. The summed E-state index contributed by atoms with van der Waals surface area (Å²) in [5, 5.41) is 22.0. The molecule has 1 aliphatic rings. The first-order chi connectivity index (χ1) is 20.8. The molecule has 1 aliphatic heterocycles. The molecule has 43 heavy (non-hydrogen) atoms. The fourth-order valence-corrected chi connectivity index (χ4v) is 5.52. The van der Waals surface area contributed by atoms with Crippen LogP contribution in [0.25, 0.3) is 16.7 Å². The predicted octanol–water partition coefficient (Wildman–Crippen LogP) is 4.80. The van der Waals surface area contributed by atoms with Crippen molar-refractivity contribution in [3.8, 4) is 11.4 Å². The number of rotatable bonds is 8.